The van der Waals surface area contributed by atoms with Crippen LogP contribution >= 0.6 is 11.3 Å². The van der Waals surface area contributed by atoms with Crippen LogP contribution in [0, 0.1) is 0 Å². The predicted molar refractivity (Wildman–Crippen MR) is 260 cm³/mol. The average molecular weight is 809 g/mol. The molecule has 0 N–H and O–H groups in total. The highest BCUT2D eigenvalue weighted by molar-refractivity contribution is 7.26. The second kappa shape index (κ2) is 14.9. The van der Waals surface area contributed by atoms with Gasteiger partial charge in [-0.15, -0.1) is 11.3 Å². The molecule has 0 atom stereocenters. The third-order valence-electron chi connectivity index (χ3n) is 11.9. The predicted octanol–water partition coefficient (Wildman–Crippen LogP) is 15.3. The zero-order valence-corrected chi connectivity index (χ0v) is 34.3. The summed E-state index contributed by atoms with van der Waals surface area (Å²) in [4.78, 5) is 15.9. The van der Waals surface area contributed by atoms with Crippen LogP contribution in [-0.2, 0) is 0 Å². The number of hydrogen-bond donors (Lipinski definition) is 0. The highest BCUT2D eigenvalue weighted by Gasteiger charge is 2.24. The zero-order chi connectivity index (χ0) is 41.0. The van der Waals surface area contributed by atoms with Crippen molar-refractivity contribution in [3.63, 3.8) is 0 Å². The molecule has 0 amide bonds. The Balaban J connectivity index is 1.22. The fraction of sp³-hybridized carbons (Fsp3) is 0. The molecule has 12 aromatic rings. The maximum absolute atomic E-state index is 5.39. The Labute approximate surface area is 362 Å². The molecule has 0 radical (unpaired) electrons. The van der Waals surface area contributed by atoms with Crippen LogP contribution in [0.4, 0.5) is 0 Å². The summed E-state index contributed by atoms with van der Waals surface area (Å²) in [5, 5.41) is 4.93. The Bertz CT molecular complexity index is 3500. The van der Waals surface area contributed by atoms with Gasteiger partial charge in [0.25, 0.3) is 0 Å². The molecule has 0 spiro atoms. The summed E-state index contributed by atoms with van der Waals surface area (Å²) in [6.07, 6.45) is 0. The van der Waals surface area contributed by atoms with Crippen LogP contribution in [0.25, 0.3) is 115 Å². The molecule has 0 unspecified atom stereocenters. The van der Waals surface area contributed by atoms with Gasteiger partial charge < -0.3 is 4.57 Å². The normalized spacial score (nSPS) is 11.5. The highest BCUT2D eigenvalue weighted by atomic mass is 32.1. The van der Waals surface area contributed by atoms with Gasteiger partial charge in [-0.3, -0.25) is 0 Å². The van der Waals surface area contributed by atoms with Crippen LogP contribution in [0.5, 0.6) is 0 Å². The van der Waals surface area contributed by atoms with Gasteiger partial charge in [-0.1, -0.05) is 194 Å². The van der Waals surface area contributed by atoms with Gasteiger partial charge >= 0.3 is 0 Å². The van der Waals surface area contributed by atoms with Gasteiger partial charge in [0.15, 0.2) is 17.5 Å². The molecule has 0 aliphatic heterocycles. The van der Waals surface area contributed by atoms with E-state index in [1.165, 1.54) is 36.5 Å². The zero-order valence-electron chi connectivity index (χ0n) is 33.5. The van der Waals surface area contributed by atoms with E-state index < -0.39 is 0 Å². The molecule has 0 fully saturated rings. The first kappa shape index (κ1) is 35.9. The molecule has 12 rings (SSSR count). The van der Waals surface area contributed by atoms with Crippen molar-refractivity contribution < 1.29 is 0 Å². The van der Waals surface area contributed by atoms with Gasteiger partial charge in [0.2, 0.25) is 0 Å². The van der Waals surface area contributed by atoms with Crippen molar-refractivity contribution in [2.24, 2.45) is 0 Å². The first-order chi connectivity index (χ1) is 30.8. The topological polar surface area (TPSA) is 43.6 Å². The fourth-order valence-electron chi connectivity index (χ4n) is 9.06. The molecule has 9 aromatic carbocycles. The lowest BCUT2D eigenvalue weighted by Crippen LogP contribution is -2.04. The average Bonchev–Trinajstić information content (AvgIpc) is 3.91. The Hall–Kier alpha value is -7.99. The van der Waals surface area contributed by atoms with E-state index in [0.29, 0.717) is 17.5 Å². The third-order valence-corrected chi connectivity index (χ3v) is 13.1. The minimum absolute atomic E-state index is 0.599. The second-order valence-electron chi connectivity index (χ2n) is 15.5. The molecule has 290 valence electrons. The molecule has 0 bridgehead atoms. The molecule has 3 heterocycles. The van der Waals surface area contributed by atoms with Crippen molar-refractivity contribution >= 4 is 53.3 Å². The van der Waals surface area contributed by atoms with E-state index >= 15 is 0 Å². The van der Waals surface area contributed by atoms with E-state index in [1.807, 2.05) is 47.7 Å². The van der Waals surface area contributed by atoms with Crippen molar-refractivity contribution in [1.29, 1.82) is 0 Å². The van der Waals surface area contributed by atoms with E-state index in [-0.39, 0.29) is 0 Å². The Morgan fingerprint density at radius 3 is 1.48 bits per heavy atom. The molecule has 62 heavy (non-hydrogen) atoms. The van der Waals surface area contributed by atoms with Crippen LogP contribution in [0.2, 0.25) is 0 Å². The van der Waals surface area contributed by atoms with Crippen LogP contribution in [0.1, 0.15) is 0 Å². The highest BCUT2D eigenvalue weighted by Crippen LogP contribution is 2.46. The lowest BCUT2D eigenvalue weighted by Gasteiger charge is -2.20. The standard InChI is InChI=1S/C57H36N4S/c1-5-18-37(19-6-1)42-28-17-29-43(38-20-7-2-8-21-38)52(42)41-32-35-50(48(36-41)57-59-55(39-22-9-3-10-23-39)58-56(60-57)40-24-11-4-12-25-40)61-49-30-15-13-26-44(49)46-33-34-47-45-27-14-16-31-51(45)62-54(47)53(46)61/h1-36H. The van der Waals surface area contributed by atoms with E-state index in [4.69, 9.17) is 15.0 Å². The SMILES string of the molecule is c1ccc(-c2nc(-c3ccccc3)nc(-c3cc(-c4c(-c5ccccc5)cccc4-c4ccccc4)ccc3-n3c4ccccc4c4ccc5c6ccccc6sc5c43)n2)cc1. The number of benzene rings is 9. The van der Waals surface area contributed by atoms with E-state index in [1.54, 1.807) is 0 Å². The van der Waals surface area contributed by atoms with Crippen molar-refractivity contribution in [2.45, 2.75) is 0 Å². The number of hydrogen-bond acceptors (Lipinski definition) is 4. The molecule has 0 saturated heterocycles. The lowest BCUT2D eigenvalue weighted by atomic mass is 9.87. The van der Waals surface area contributed by atoms with Crippen LogP contribution in [0.3, 0.4) is 0 Å². The number of fused-ring (bicyclic) bond motifs is 7. The van der Waals surface area contributed by atoms with Crippen LogP contribution in [0.15, 0.2) is 218 Å². The third kappa shape index (κ3) is 6.01. The van der Waals surface area contributed by atoms with Gasteiger partial charge in [0, 0.05) is 42.9 Å². The van der Waals surface area contributed by atoms with Gasteiger partial charge in [-0.2, -0.15) is 0 Å². The molecular weight excluding hydrogens is 773 g/mol. The quantitative estimate of drug-likeness (QED) is 0.161. The summed E-state index contributed by atoms with van der Waals surface area (Å²) in [6, 6.07) is 77.5. The van der Waals surface area contributed by atoms with Gasteiger partial charge in [0.1, 0.15) is 0 Å². The van der Waals surface area contributed by atoms with E-state index in [0.717, 1.165) is 61.3 Å². The van der Waals surface area contributed by atoms with Crippen molar-refractivity contribution in [3.05, 3.63) is 218 Å². The van der Waals surface area contributed by atoms with Crippen molar-refractivity contribution in [2.75, 3.05) is 0 Å². The molecule has 4 nitrogen and oxygen atoms in total. The minimum Gasteiger partial charge on any atom is -0.307 e. The van der Waals surface area contributed by atoms with Gasteiger partial charge in [-0.05, 0) is 57.6 Å². The Morgan fingerprint density at radius 1 is 0.339 bits per heavy atom. The van der Waals surface area contributed by atoms with Crippen molar-refractivity contribution in [3.8, 4) is 73.2 Å². The first-order valence-electron chi connectivity index (χ1n) is 20.9. The minimum atomic E-state index is 0.599. The monoisotopic (exact) mass is 808 g/mol. The molecule has 0 aliphatic carbocycles. The summed E-state index contributed by atoms with van der Waals surface area (Å²) in [6.45, 7) is 0. The smallest absolute Gasteiger partial charge is 0.166 e. The van der Waals surface area contributed by atoms with Gasteiger partial charge in [-0.25, -0.2) is 15.0 Å². The Morgan fingerprint density at radius 2 is 0.855 bits per heavy atom. The Kier molecular flexibility index (Phi) is 8.65. The van der Waals surface area contributed by atoms with E-state index in [2.05, 4.69) is 187 Å². The second-order valence-corrected chi connectivity index (χ2v) is 16.6. The van der Waals surface area contributed by atoms with Crippen molar-refractivity contribution in [1.82, 2.24) is 19.5 Å². The van der Waals surface area contributed by atoms with Gasteiger partial charge in [0.05, 0.1) is 21.4 Å². The fourth-order valence-corrected chi connectivity index (χ4v) is 10.3. The maximum atomic E-state index is 5.39. The molecule has 5 heteroatoms. The van der Waals surface area contributed by atoms with Crippen LogP contribution < -0.4 is 0 Å². The maximum Gasteiger partial charge on any atom is 0.166 e. The van der Waals surface area contributed by atoms with Crippen LogP contribution in [-0.4, -0.2) is 19.5 Å². The molecule has 0 aliphatic rings. The summed E-state index contributed by atoms with van der Waals surface area (Å²) >= 11 is 1.85. The lowest BCUT2D eigenvalue weighted by molar-refractivity contribution is 1.06. The number of para-hydroxylation sites is 1. The number of aromatic nitrogens is 4. The number of nitrogens with zero attached hydrogens (tertiary/aromatic N) is 4. The summed E-state index contributed by atoms with van der Waals surface area (Å²) < 4.78 is 4.98. The number of thiophene rings is 1. The van der Waals surface area contributed by atoms with E-state index in [9.17, 15) is 0 Å². The first-order valence-corrected chi connectivity index (χ1v) is 21.7. The summed E-state index contributed by atoms with van der Waals surface area (Å²) in [5.41, 5.74) is 12.9. The molecular formula is C57H36N4S. The summed E-state index contributed by atoms with van der Waals surface area (Å²) in [5.74, 6) is 1.84. The largest absolute Gasteiger partial charge is 0.307 e. The summed E-state index contributed by atoms with van der Waals surface area (Å²) in [7, 11) is 0. The molecule has 3 aromatic heterocycles. The molecule has 0 saturated carbocycles. The number of rotatable bonds is 7.